The average Bonchev–Trinajstić information content (AvgIpc) is 3.06. The number of hydrogen-bond donors (Lipinski definition) is 2. The fourth-order valence-electron chi connectivity index (χ4n) is 6.24. The Bertz CT molecular complexity index is 1740. The van der Waals surface area contributed by atoms with Crippen molar-refractivity contribution in [1.29, 1.82) is 0 Å². The van der Waals surface area contributed by atoms with Gasteiger partial charge in [-0.15, -0.1) is 0 Å². The molecule has 1 unspecified atom stereocenters. The number of nitrogens with zero attached hydrogens (tertiary/aromatic N) is 3. The number of halogens is 1. The van der Waals surface area contributed by atoms with E-state index in [1.807, 2.05) is 73.8 Å². The maximum absolute atomic E-state index is 15.0. The second kappa shape index (κ2) is 13.5. The fourth-order valence-corrected chi connectivity index (χ4v) is 6.24. The van der Waals surface area contributed by atoms with E-state index in [-0.39, 0.29) is 18.4 Å². The van der Waals surface area contributed by atoms with Crippen LogP contribution in [0.25, 0.3) is 11.3 Å². The van der Waals surface area contributed by atoms with Crippen molar-refractivity contribution in [3.05, 3.63) is 107 Å². The number of imide groups is 1. The van der Waals surface area contributed by atoms with Crippen LogP contribution in [-0.2, 0) is 16.1 Å². The topological polar surface area (TPSA) is 118 Å². The van der Waals surface area contributed by atoms with Gasteiger partial charge in [0.25, 0.3) is 5.91 Å². The quantitative estimate of drug-likeness (QED) is 0.240. The maximum atomic E-state index is 15.0. The SMILES string of the molecule is CN(Cc1ccc(C2CCC(=O)NC2=O)c(F)c1)C1CCN(c2ccc(C(N)=O)c(-c3ccc(Oc4ccccc4)cc3)n2)CC1. The predicted octanol–water partition coefficient (Wildman–Crippen LogP) is 5.40. The van der Waals surface area contributed by atoms with Gasteiger partial charge in [-0.05, 0) is 86.5 Å². The van der Waals surface area contributed by atoms with Gasteiger partial charge in [-0.25, -0.2) is 9.37 Å². The van der Waals surface area contributed by atoms with E-state index in [0.29, 0.717) is 35.5 Å². The minimum atomic E-state index is -0.645. The molecular weight excluding hydrogens is 585 g/mol. The molecular formula is C36H36FN5O4. The molecule has 3 heterocycles. The van der Waals surface area contributed by atoms with Gasteiger partial charge in [0.15, 0.2) is 0 Å². The highest BCUT2D eigenvalue weighted by Gasteiger charge is 2.30. The standard InChI is InChI=1S/C36H36FN5O4/c1-41(22-23-7-12-28(31(37)21-23)29-14-16-33(43)40-36(29)45)25-17-19-42(20-18-25)32-15-13-30(35(38)44)34(39-32)24-8-10-27(11-9-24)46-26-5-3-2-4-6-26/h2-13,15,21,25,29H,14,16-20,22H2,1H3,(H2,38,44)(H,40,43,45). The van der Waals surface area contributed by atoms with Crippen LogP contribution in [0, 0.1) is 5.82 Å². The molecule has 9 nitrogen and oxygen atoms in total. The van der Waals surface area contributed by atoms with Crippen molar-refractivity contribution in [3.63, 3.8) is 0 Å². The number of pyridine rings is 1. The first kappa shape index (κ1) is 30.9. The van der Waals surface area contributed by atoms with Gasteiger partial charge >= 0.3 is 0 Å². The first-order chi connectivity index (χ1) is 22.2. The number of nitrogens with one attached hydrogen (secondary N) is 1. The number of benzene rings is 3. The molecule has 0 spiro atoms. The molecule has 6 rings (SSSR count). The molecule has 3 aromatic carbocycles. The minimum absolute atomic E-state index is 0.211. The first-order valence-electron chi connectivity index (χ1n) is 15.5. The largest absolute Gasteiger partial charge is 0.457 e. The van der Waals surface area contributed by atoms with Gasteiger partial charge < -0.3 is 15.4 Å². The first-order valence-corrected chi connectivity index (χ1v) is 15.5. The Morgan fingerprint density at radius 1 is 0.978 bits per heavy atom. The fraction of sp³-hybridized carbons (Fsp3) is 0.278. The van der Waals surface area contributed by atoms with E-state index in [2.05, 4.69) is 15.1 Å². The molecule has 2 aliphatic rings. The number of anilines is 1. The number of amides is 3. The molecule has 3 amide bonds. The summed E-state index contributed by atoms with van der Waals surface area (Å²) in [5.41, 5.74) is 8.52. The second-order valence-corrected chi connectivity index (χ2v) is 11.9. The van der Waals surface area contributed by atoms with Crippen molar-refractivity contribution in [2.75, 3.05) is 25.0 Å². The molecule has 1 atom stereocenters. The van der Waals surface area contributed by atoms with E-state index in [0.717, 1.165) is 48.6 Å². The molecule has 236 valence electrons. The number of para-hydroxylation sites is 1. The lowest BCUT2D eigenvalue weighted by atomic mass is 9.89. The molecule has 46 heavy (non-hydrogen) atoms. The Kier molecular flexibility index (Phi) is 9.07. The molecule has 0 bridgehead atoms. The summed E-state index contributed by atoms with van der Waals surface area (Å²) in [4.78, 5) is 45.3. The molecule has 2 fully saturated rings. The summed E-state index contributed by atoms with van der Waals surface area (Å²) in [6.45, 7) is 2.10. The molecule has 4 aromatic rings. The van der Waals surface area contributed by atoms with Gasteiger partial charge in [-0.2, -0.15) is 0 Å². The zero-order valence-electron chi connectivity index (χ0n) is 25.6. The zero-order chi connectivity index (χ0) is 32.2. The van der Waals surface area contributed by atoms with Crippen LogP contribution in [0.1, 0.15) is 53.1 Å². The summed E-state index contributed by atoms with van der Waals surface area (Å²) in [5, 5.41) is 2.30. The van der Waals surface area contributed by atoms with Crippen molar-refractivity contribution >= 4 is 23.5 Å². The van der Waals surface area contributed by atoms with Gasteiger partial charge in [0.05, 0.1) is 17.2 Å². The van der Waals surface area contributed by atoms with Crippen molar-refractivity contribution in [2.24, 2.45) is 5.73 Å². The van der Waals surface area contributed by atoms with E-state index in [1.54, 1.807) is 12.1 Å². The Morgan fingerprint density at radius 3 is 2.37 bits per heavy atom. The summed E-state index contributed by atoms with van der Waals surface area (Å²) in [6.07, 6.45) is 2.29. The smallest absolute Gasteiger partial charge is 0.250 e. The molecule has 1 aromatic heterocycles. The summed E-state index contributed by atoms with van der Waals surface area (Å²) in [7, 11) is 2.04. The molecule has 3 N–H and O–H groups in total. The molecule has 0 aliphatic carbocycles. The van der Waals surface area contributed by atoms with Crippen LogP contribution in [0.3, 0.4) is 0 Å². The Hall–Kier alpha value is -5.09. The third kappa shape index (κ3) is 6.92. The van der Waals surface area contributed by atoms with Crippen LogP contribution in [0.2, 0.25) is 0 Å². The van der Waals surface area contributed by atoms with Crippen LogP contribution in [-0.4, -0.2) is 53.8 Å². The van der Waals surface area contributed by atoms with Crippen molar-refractivity contribution in [1.82, 2.24) is 15.2 Å². The third-order valence-corrected chi connectivity index (χ3v) is 8.78. The number of carbonyl (C=O) groups excluding carboxylic acids is 3. The minimum Gasteiger partial charge on any atom is -0.457 e. The van der Waals surface area contributed by atoms with E-state index in [9.17, 15) is 14.4 Å². The van der Waals surface area contributed by atoms with Crippen LogP contribution in [0.15, 0.2) is 84.9 Å². The summed E-state index contributed by atoms with van der Waals surface area (Å²) >= 11 is 0. The molecule has 10 heteroatoms. The zero-order valence-corrected chi connectivity index (χ0v) is 25.6. The summed E-state index contributed by atoms with van der Waals surface area (Å²) in [5.74, 6) is -0.183. The Balaban J connectivity index is 1.09. The lowest BCUT2D eigenvalue weighted by Crippen LogP contribution is -2.43. The summed E-state index contributed by atoms with van der Waals surface area (Å²) < 4.78 is 21.0. The number of piperidine rings is 2. The van der Waals surface area contributed by atoms with E-state index >= 15 is 4.39 Å². The van der Waals surface area contributed by atoms with Gasteiger partial charge in [-0.3, -0.25) is 24.6 Å². The highest BCUT2D eigenvalue weighted by atomic mass is 19.1. The predicted molar refractivity (Wildman–Crippen MR) is 173 cm³/mol. The van der Waals surface area contributed by atoms with Crippen LogP contribution < -0.4 is 20.7 Å². The number of hydrogen-bond acceptors (Lipinski definition) is 7. The number of aromatic nitrogens is 1. The molecule has 0 saturated carbocycles. The normalized spacial score (nSPS) is 17.2. The van der Waals surface area contributed by atoms with Crippen LogP contribution >= 0.6 is 0 Å². The van der Waals surface area contributed by atoms with E-state index in [1.165, 1.54) is 6.07 Å². The number of nitrogens with two attached hydrogens (primary N) is 1. The number of ether oxygens (including phenoxy) is 1. The van der Waals surface area contributed by atoms with Crippen molar-refractivity contribution < 1.29 is 23.5 Å². The molecule has 0 radical (unpaired) electrons. The third-order valence-electron chi connectivity index (χ3n) is 8.78. The van der Waals surface area contributed by atoms with Gasteiger partial charge in [0.2, 0.25) is 11.8 Å². The summed E-state index contributed by atoms with van der Waals surface area (Å²) in [6, 6.07) is 25.8. The Morgan fingerprint density at radius 2 is 1.70 bits per heavy atom. The monoisotopic (exact) mass is 621 g/mol. The van der Waals surface area contributed by atoms with Crippen molar-refractivity contribution in [3.8, 4) is 22.8 Å². The second-order valence-electron chi connectivity index (χ2n) is 11.9. The molecule has 2 aliphatic heterocycles. The average molecular weight is 622 g/mol. The molecule has 2 saturated heterocycles. The number of primary amides is 1. The van der Waals surface area contributed by atoms with Gasteiger partial charge in [0.1, 0.15) is 23.1 Å². The van der Waals surface area contributed by atoms with Crippen molar-refractivity contribution in [2.45, 2.75) is 44.2 Å². The Labute approximate surface area is 267 Å². The van der Waals surface area contributed by atoms with Crippen LogP contribution in [0.4, 0.5) is 10.2 Å². The maximum Gasteiger partial charge on any atom is 0.250 e. The lowest BCUT2D eigenvalue weighted by Gasteiger charge is -2.37. The lowest BCUT2D eigenvalue weighted by molar-refractivity contribution is -0.134. The highest BCUT2D eigenvalue weighted by Crippen LogP contribution is 2.31. The van der Waals surface area contributed by atoms with Gasteiger partial charge in [-0.1, -0.05) is 30.3 Å². The van der Waals surface area contributed by atoms with Gasteiger partial charge in [0, 0.05) is 43.2 Å². The van der Waals surface area contributed by atoms with E-state index in [4.69, 9.17) is 15.5 Å². The van der Waals surface area contributed by atoms with Crippen LogP contribution in [0.5, 0.6) is 11.5 Å². The number of rotatable bonds is 9. The highest BCUT2D eigenvalue weighted by molar-refractivity contribution is 6.01. The number of carbonyl (C=O) groups is 3. The van der Waals surface area contributed by atoms with E-state index < -0.39 is 23.5 Å².